The van der Waals surface area contributed by atoms with Crippen LogP contribution in [0.2, 0.25) is 0 Å². The highest BCUT2D eigenvalue weighted by molar-refractivity contribution is 5.88. The van der Waals surface area contributed by atoms with Crippen molar-refractivity contribution < 1.29 is 5.11 Å². The van der Waals surface area contributed by atoms with Crippen LogP contribution < -0.4 is 4.90 Å². The molecule has 0 bridgehead atoms. The number of hydrogen-bond donors (Lipinski definition) is 1. The summed E-state index contributed by atoms with van der Waals surface area (Å²) in [6.45, 7) is 1.65. The van der Waals surface area contributed by atoms with Gasteiger partial charge in [0, 0.05) is 44.0 Å². The van der Waals surface area contributed by atoms with E-state index in [9.17, 15) is 5.11 Å². The van der Waals surface area contributed by atoms with Crippen molar-refractivity contribution in [2.75, 3.05) is 18.0 Å². The van der Waals surface area contributed by atoms with Gasteiger partial charge in [0.2, 0.25) is 0 Å². The molecule has 3 aromatic rings. The van der Waals surface area contributed by atoms with Gasteiger partial charge in [-0.1, -0.05) is 12.8 Å². The van der Waals surface area contributed by atoms with E-state index in [0.29, 0.717) is 11.7 Å². The second-order valence-electron chi connectivity index (χ2n) is 7.85. The third kappa shape index (κ3) is 2.77. The standard InChI is InChI=1S/C20H24N6O/c1-25-18-16(12-22-25)19(24-17(23-18)14-5-9-21-10-6-14)26-11-8-20(27)7-3-2-4-15(20)13-26/h5-6,9-10,12,15,27H,2-4,7-8,11,13H2,1H3/t15-,20-/m0/s1. The fourth-order valence-electron chi connectivity index (χ4n) is 4.64. The Morgan fingerprint density at radius 3 is 2.85 bits per heavy atom. The SMILES string of the molecule is Cn1ncc2c(N3CC[C@@]4(O)CCCC[C@H]4C3)nc(-c3ccncc3)nc21. The number of anilines is 1. The first-order valence-electron chi connectivity index (χ1n) is 9.71. The maximum atomic E-state index is 11.0. The summed E-state index contributed by atoms with van der Waals surface area (Å²) in [7, 11) is 1.91. The fraction of sp³-hybridized carbons (Fsp3) is 0.500. The van der Waals surface area contributed by atoms with Crippen LogP contribution >= 0.6 is 0 Å². The molecule has 4 heterocycles. The lowest BCUT2D eigenvalue weighted by molar-refractivity contribution is -0.0613. The van der Waals surface area contributed by atoms with E-state index in [2.05, 4.69) is 15.0 Å². The Bertz CT molecular complexity index is 971. The van der Waals surface area contributed by atoms with Crippen molar-refractivity contribution in [3.8, 4) is 11.4 Å². The van der Waals surface area contributed by atoms with Gasteiger partial charge in [-0.3, -0.25) is 9.67 Å². The van der Waals surface area contributed by atoms with Gasteiger partial charge in [0.05, 0.1) is 17.2 Å². The molecule has 1 saturated carbocycles. The summed E-state index contributed by atoms with van der Waals surface area (Å²) in [4.78, 5) is 16.1. The van der Waals surface area contributed by atoms with E-state index < -0.39 is 5.60 Å². The average molecular weight is 364 g/mol. The smallest absolute Gasteiger partial charge is 0.164 e. The molecule has 3 aromatic heterocycles. The maximum Gasteiger partial charge on any atom is 0.164 e. The number of hydrogen-bond acceptors (Lipinski definition) is 6. The quantitative estimate of drug-likeness (QED) is 0.753. The number of aliphatic hydroxyl groups is 1. The lowest BCUT2D eigenvalue weighted by Crippen LogP contribution is -2.53. The number of pyridine rings is 1. The van der Waals surface area contributed by atoms with Gasteiger partial charge in [0.1, 0.15) is 5.82 Å². The number of fused-ring (bicyclic) bond motifs is 2. The van der Waals surface area contributed by atoms with Crippen molar-refractivity contribution >= 4 is 16.9 Å². The van der Waals surface area contributed by atoms with Crippen LogP contribution in [0.5, 0.6) is 0 Å². The minimum absolute atomic E-state index is 0.311. The predicted molar refractivity (Wildman–Crippen MR) is 103 cm³/mol. The van der Waals surface area contributed by atoms with Crippen LogP contribution in [0, 0.1) is 5.92 Å². The molecule has 0 unspecified atom stereocenters. The highest BCUT2D eigenvalue weighted by atomic mass is 16.3. The lowest BCUT2D eigenvalue weighted by atomic mass is 9.71. The molecule has 140 valence electrons. The number of rotatable bonds is 2. The van der Waals surface area contributed by atoms with Crippen molar-refractivity contribution in [3.63, 3.8) is 0 Å². The first-order chi connectivity index (χ1) is 13.1. The summed E-state index contributed by atoms with van der Waals surface area (Å²) in [5.41, 5.74) is 1.28. The second-order valence-corrected chi connectivity index (χ2v) is 7.85. The molecule has 27 heavy (non-hydrogen) atoms. The average Bonchev–Trinajstić information content (AvgIpc) is 3.08. The Morgan fingerprint density at radius 2 is 2.00 bits per heavy atom. The molecular weight excluding hydrogens is 340 g/mol. The van der Waals surface area contributed by atoms with Gasteiger partial charge < -0.3 is 10.0 Å². The molecule has 1 saturated heterocycles. The van der Waals surface area contributed by atoms with E-state index in [-0.39, 0.29) is 0 Å². The normalized spacial score (nSPS) is 25.6. The molecule has 1 aliphatic carbocycles. The third-order valence-electron chi connectivity index (χ3n) is 6.24. The van der Waals surface area contributed by atoms with Gasteiger partial charge in [0.25, 0.3) is 0 Å². The highest BCUT2D eigenvalue weighted by Crippen LogP contribution is 2.41. The molecule has 7 nitrogen and oxygen atoms in total. The second kappa shape index (κ2) is 6.27. The van der Waals surface area contributed by atoms with E-state index in [1.807, 2.05) is 25.4 Å². The lowest BCUT2D eigenvalue weighted by Gasteiger charge is -2.47. The zero-order chi connectivity index (χ0) is 18.4. The molecular formula is C20H24N6O. The van der Waals surface area contributed by atoms with Crippen LogP contribution in [0.15, 0.2) is 30.7 Å². The van der Waals surface area contributed by atoms with Crippen molar-refractivity contribution in [1.29, 1.82) is 0 Å². The van der Waals surface area contributed by atoms with Gasteiger partial charge in [-0.15, -0.1) is 0 Å². The maximum absolute atomic E-state index is 11.0. The number of aromatic nitrogens is 5. The van der Waals surface area contributed by atoms with Crippen molar-refractivity contribution in [3.05, 3.63) is 30.7 Å². The van der Waals surface area contributed by atoms with Crippen molar-refractivity contribution in [2.45, 2.75) is 37.7 Å². The first-order valence-corrected chi connectivity index (χ1v) is 9.71. The summed E-state index contributed by atoms with van der Waals surface area (Å²) >= 11 is 0. The number of piperidine rings is 1. The largest absolute Gasteiger partial charge is 0.389 e. The predicted octanol–water partition coefficient (Wildman–Crippen LogP) is 2.56. The fourth-order valence-corrected chi connectivity index (χ4v) is 4.64. The van der Waals surface area contributed by atoms with Gasteiger partial charge in [-0.2, -0.15) is 5.10 Å². The van der Waals surface area contributed by atoms with Crippen molar-refractivity contribution in [2.24, 2.45) is 13.0 Å². The number of nitrogens with zero attached hydrogens (tertiary/aromatic N) is 6. The summed E-state index contributed by atoms with van der Waals surface area (Å²) in [5.74, 6) is 1.92. The van der Waals surface area contributed by atoms with Crippen LogP contribution in [0.25, 0.3) is 22.4 Å². The van der Waals surface area contributed by atoms with Crippen LogP contribution in [0.1, 0.15) is 32.1 Å². The van der Waals surface area contributed by atoms with E-state index >= 15 is 0 Å². The minimum Gasteiger partial charge on any atom is -0.389 e. The van der Waals surface area contributed by atoms with Crippen molar-refractivity contribution in [1.82, 2.24) is 24.7 Å². The van der Waals surface area contributed by atoms with Gasteiger partial charge in [-0.25, -0.2) is 9.97 Å². The molecule has 0 aromatic carbocycles. The molecule has 1 aliphatic heterocycles. The van der Waals surface area contributed by atoms with Crippen LogP contribution in [0.4, 0.5) is 5.82 Å². The van der Waals surface area contributed by atoms with E-state index in [4.69, 9.17) is 9.97 Å². The molecule has 5 rings (SSSR count). The van der Waals surface area contributed by atoms with Crippen LogP contribution in [-0.2, 0) is 7.05 Å². The molecule has 0 spiro atoms. The van der Waals surface area contributed by atoms with E-state index in [1.165, 1.54) is 6.42 Å². The topological polar surface area (TPSA) is 80.0 Å². The summed E-state index contributed by atoms with van der Waals surface area (Å²) < 4.78 is 1.80. The highest BCUT2D eigenvalue weighted by Gasteiger charge is 2.43. The monoisotopic (exact) mass is 364 g/mol. The summed E-state index contributed by atoms with van der Waals surface area (Å²) in [5, 5.41) is 16.4. The first kappa shape index (κ1) is 16.6. The Labute approximate surface area is 158 Å². The number of aryl methyl sites for hydroxylation is 1. The molecule has 0 radical (unpaired) electrons. The molecule has 1 N–H and O–H groups in total. The zero-order valence-corrected chi connectivity index (χ0v) is 15.5. The van der Waals surface area contributed by atoms with Gasteiger partial charge in [-0.05, 0) is 31.4 Å². The van der Waals surface area contributed by atoms with Crippen LogP contribution in [-0.4, -0.2) is 48.5 Å². The van der Waals surface area contributed by atoms with Gasteiger partial charge in [0.15, 0.2) is 11.5 Å². The molecule has 2 atom stereocenters. The Hall–Kier alpha value is -2.54. The van der Waals surface area contributed by atoms with Gasteiger partial charge >= 0.3 is 0 Å². The van der Waals surface area contributed by atoms with E-state index in [0.717, 1.165) is 61.2 Å². The summed E-state index contributed by atoms with van der Waals surface area (Å²) in [6.07, 6.45) is 10.5. The Balaban J connectivity index is 1.58. The zero-order valence-electron chi connectivity index (χ0n) is 15.5. The summed E-state index contributed by atoms with van der Waals surface area (Å²) in [6, 6.07) is 3.86. The Morgan fingerprint density at radius 1 is 1.15 bits per heavy atom. The molecule has 2 aliphatic rings. The molecule has 7 heteroatoms. The Kier molecular flexibility index (Phi) is 3.86. The third-order valence-corrected chi connectivity index (χ3v) is 6.24. The minimum atomic E-state index is -0.496. The van der Waals surface area contributed by atoms with Crippen LogP contribution in [0.3, 0.4) is 0 Å². The van der Waals surface area contributed by atoms with E-state index in [1.54, 1.807) is 17.1 Å². The molecule has 2 fully saturated rings. The molecule has 0 amide bonds.